The lowest BCUT2D eigenvalue weighted by atomic mass is 9.89. The summed E-state index contributed by atoms with van der Waals surface area (Å²) in [7, 11) is 0. The molecule has 1 aliphatic carbocycles. The molecule has 1 aromatic carbocycles. The summed E-state index contributed by atoms with van der Waals surface area (Å²) in [5, 5.41) is 10.8. The van der Waals surface area contributed by atoms with Gasteiger partial charge in [0.15, 0.2) is 5.82 Å². The highest BCUT2D eigenvalue weighted by Crippen LogP contribution is 2.36. The molecule has 1 aromatic heterocycles. The molecule has 0 atom stereocenters. The van der Waals surface area contributed by atoms with Crippen molar-refractivity contribution in [2.45, 2.75) is 63.8 Å². The number of carbonyl (C=O) groups is 2. The molecule has 34 heavy (non-hydrogen) atoms. The van der Waals surface area contributed by atoms with Crippen molar-refractivity contribution in [3.63, 3.8) is 0 Å². The van der Waals surface area contributed by atoms with Crippen LogP contribution in [0, 0.1) is 0 Å². The normalized spacial score (nSPS) is 18.2. The molecule has 1 aliphatic heterocycles. The fourth-order valence-corrected chi connectivity index (χ4v) is 5.08. The van der Waals surface area contributed by atoms with Crippen LogP contribution in [-0.2, 0) is 26.3 Å². The van der Waals surface area contributed by atoms with Crippen molar-refractivity contribution >= 4 is 34.8 Å². The molecule has 2 aromatic rings. The summed E-state index contributed by atoms with van der Waals surface area (Å²) in [6.45, 7) is 4.19. The van der Waals surface area contributed by atoms with E-state index in [1.165, 1.54) is 6.92 Å². The SMILES string of the molecule is CC(=O)NC1(c2noc(CCC(=O)Nc3cccc(Cl)c3N3CCOCC3)n2)CCCCCC1. The van der Waals surface area contributed by atoms with Gasteiger partial charge in [0.1, 0.15) is 5.54 Å². The molecule has 2 fully saturated rings. The summed E-state index contributed by atoms with van der Waals surface area (Å²) in [4.78, 5) is 31.3. The molecule has 1 saturated carbocycles. The lowest BCUT2D eigenvalue weighted by molar-refractivity contribution is -0.121. The first-order chi connectivity index (χ1) is 16.5. The van der Waals surface area contributed by atoms with E-state index in [9.17, 15) is 9.59 Å². The van der Waals surface area contributed by atoms with Crippen LogP contribution in [0.4, 0.5) is 11.4 Å². The second kappa shape index (κ2) is 11.2. The number of ether oxygens (including phenoxy) is 1. The Labute approximate surface area is 204 Å². The summed E-state index contributed by atoms with van der Waals surface area (Å²) in [6.07, 6.45) is 6.31. The molecule has 0 unspecified atom stereocenters. The Hall–Kier alpha value is -2.65. The van der Waals surface area contributed by atoms with E-state index in [0.29, 0.717) is 55.1 Å². The Bertz CT molecular complexity index is 997. The average Bonchev–Trinajstić information content (AvgIpc) is 3.18. The Balaban J connectivity index is 1.41. The van der Waals surface area contributed by atoms with Gasteiger partial charge in [0.2, 0.25) is 17.7 Å². The van der Waals surface area contributed by atoms with Gasteiger partial charge < -0.3 is 24.8 Å². The molecule has 2 aliphatic rings. The lowest BCUT2D eigenvalue weighted by Gasteiger charge is -2.31. The van der Waals surface area contributed by atoms with Crippen molar-refractivity contribution in [1.82, 2.24) is 15.5 Å². The van der Waals surface area contributed by atoms with Gasteiger partial charge in [-0.3, -0.25) is 9.59 Å². The summed E-state index contributed by atoms with van der Waals surface area (Å²) in [5.41, 5.74) is 0.889. The van der Waals surface area contributed by atoms with E-state index in [1.54, 1.807) is 0 Å². The number of morpholine rings is 1. The minimum absolute atomic E-state index is 0.106. The summed E-state index contributed by atoms with van der Waals surface area (Å²) in [5.74, 6) is 0.621. The van der Waals surface area contributed by atoms with Gasteiger partial charge in [0, 0.05) is 32.9 Å². The maximum absolute atomic E-state index is 12.8. The van der Waals surface area contributed by atoms with Gasteiger partial charge in [-0.1, -0.05) is 48.5 Å². The molecule has 10 heteroatoms. The minimum Gasteiger partial charge on any atom is -0.378 e. The number of anilines is 2. The average molecular weight is 490 g/mol. The topological polar surface area (TPSA) is 110 Å². The fraction of sp³-hybridized carbons (Fsp3) is 0.583. The number of nitrogens with zero attached hydrogens (tertiary/aromatic N) is 3. The number of aromatic nitrogens is 2. The van der Waals surface area contributed by atoms with Crippen LogP contribution in [0.3, 0.4) is 0 Å². The smallest absolute Gasteiger partial charge is 0.227 e. The number of benzene rings is 1. The Morgan fingerprint density at radius 1 is 1.15 bits per heavy atom. The summed E-state index contributed by atoms with van der Waals surface area (Å²) in [6, 6.07) is 5.49. The van der Waals surface area contributed by atoms with Crippen LogP contribution in [0.25, 0.3) is 0 Å². The maximum Gasteiger partial charge on any atom is 0.227 e. The van der Waals surface area contributed by atoms with Crippen LogP contribution in [0.5, 0.6) is 0 Å². The second-order valence-corrected chi connectivity index (χ2v) is 9.38. The second-order valence-electron chi connectivity index (χ2n) is 8.97. The molecular weight excluding hydrogens is 458 g/mol. The number of carbonyl (C=O) groups excluding carboxylic acids is 2. The monoisotopic (exact) mass is 489 g/mol. The zero-order valence-corrected chi connectivity index (χ0v) is 20.3. The third kappa shape index (κ3) is 5.88. The van der Waals surface area contributed by atoms with E-state index in [2.05, 4.69) is 25.7 Å². The molecule has 9 nitrogen and oxygen atoms in total. The van der Waals surface area contributed by atoms with Crippen molar-refractivity contribution in [1.29, 1.82) is 0 Å². The predicted octanol–water partition coefficient (Wildman–Crippen LogP) is 3.82. The predicted molar refractivity (Wildman–Crippen MR) is 129 cm³/mol. The number of hydrogen-bond acceptors (Lipinski definition) is 7. The van der Waals surface area contributed by atoms with Crippen LogP contribution in [-0.4, -0.2) is 48.3 Å². The highest BCUT2D eigenvalue weighted by atomic mass is 35.5. The van der Waals surface area contributed by atoms with Gasteiger partial charge in [0.25, 0.3) is 0 Å². The summed E-state index contributed by atoms with van der Waals surface area (Å²) < 4.78 is 10.9. The van der Waals surface area contributed by atoms with E-state index in [0.717, 1.165) is 44.2 Å². The Kier molecular flexibility index (Phi) is 8.05. The maximum atomic E-state index is 12.8. The molecule has 2 heterocycles. The van der Waals surface area contributed by atoms with Crippen LogP contribution in [0.1, 0.15) is 63.6 Å². The zero-order valence-electron chi connectivity index (χ0n) is 19.6. The van der Waals surface area contributed by atoms with Crippen molar-refractivity contribution in [2.24, 2.45) is 0 Å². The molecule has 1 saturated heterocycles. The molecule has 0 spiro atoms. The Morgan fingerprint density at radius 3 is 2.59 bits per heavy atom. The van der Waals surface area contributed by atoms with Crippen LogP contribution in [0.15, 0.2) is 22.7 Å². The molecule has 184 valence electrons. The van der Waals surface area contributed by atoms with E-state index in [1.807, 2.05) is 18.2 Å². The highest BCUT2D eigenvalue weighted by Gasteiger charge is 2.38. The molecule has 0 radical (unpaired) electrons. The van der Waals surface area contributed by atoms with Gasteiger partial charge >= 0.3 is 0 Å². The quantitative estimate of drug-likeness (QED) is 0.569. The standard InChI is InChI=1S/C24H32ClN5O4/c1-17(31)28-24(11-4-2-3-5-12-24)23-27-21(34-29-23)10-9-20(32)26-19-8-6-7-18(25)22(19)30-13-15-33-16-14-30/h6-8H,2-5,9-16H2,1H3,(H,26,32)(H,28,31). The number of para-hydroxylation sites is 1. The number of hydrogen-bond donors (Lipinski definition) is 2. The molecular formula is C24H32ClN5O4. The van der Waals surface area contributed by atoms with Crippen molar-refractivity contribution in [3.05, 3.63) is 34.9 Å². The van der Waals surface area contributed by atoms with Crippen LogP contribution in [0.2, 0.25) is 5.02 Å². The molecule has 2 N–H and O–H groups in total. The van der Waals surface area contributed by atoms with Gasteiger partial charge in [-0.05, 0) is 25.0 Å². The van der Waals surface area contributed by atoms with Crippen LogP contribution >= 0.6 is 11.6 Å². The lowest BCUT2D eigenvalue weighted by Crippen LogP contribution is -2.45. The fourth-order valence-electron chi connectivity index (χ4n) is 4.78. The largest absolute Gasteiger partial charge is 0.378 e. The van der Waals surface area contributed by atoms with Gasteiger partial charge in [-0.2, -0.15) is 4.98 Å². The highest BCUT2D eigenvalue weighted by molar-refractivity contribution is 6.34. The van der Waals surface area contributed by atoms with Crippen molar-refractivity contribution in [3.8, 4) is 0 Å². The third-order valence-electron chi connectivity index (χ3n) is 6.42. The van der Waals surface area contributed by atoms with Gasteiger partial charge in [-0.15, -0.1) is 0 Å². The first kappa shape index (κ1) is 24.5. The number of nitrogens with one attached hydrogen (secondary N) is 2. The minimum atomic E-state index is -0.597. The summed E-state index contributed by atoms with van der Waals surface area (Å²) >= 11 is 6.46. The zero-order chi connectivity index (χ0) is 24.0. The Morgan fingerprint density at radius 2 is 1.88 bits per heavy atom. The van der Waals surface area contributed by atoms with E-state index >= 15 is 0 Å². The number of aryl methyl sites for hydroxylation is 1. The molecule has 4 rings (SSSR count). The van der Waals surface area contributed by atoms with Crippen molar-refractivity contribution < 1.29 is 18.8 Å². The molecule has 0 bridgehead atoms. The van der Waals surface area contributed by atoms with Crippen molar-refractivity contribution in [2.75, 3.05) is 36.5 Å². The van der Waals surface area contributed by atoms with Gasteiger partial charge in [-0.25, -0.2) is 0 Å². The van der Waals surface area contributed by atoms with E-state index in [4.69, 9.17) is 20.9 Å². The number of halogens is 1. The first-order valence-corrected chi connectivity index (χ1v) is 12.4. The number of amides is 2. The van der Waals surface area contributed by atoms with E-state index < -0.39 is 5.54 Å². The van der Waals surface area contributed by atoms with E-state index in [-0.39, 0.29) is 18.2 Å². The molecule has 2 amide bonds. The number of rotatable bonds is 7. The van der Waals surface area contributed by atoms with Gasteiger partial charge in [0.05, 0.1) is 29.6 Å². The first-order valence-electron chi connectivity index (χ1n) is 12.0. The third-order valence-corrected chi connectivity index (χ3v) is 6.73. The van der Waals surface area contributed by atoms with Crippen LogP contribution < -0.4 is 15.5 Å².